The molecule has 82 valence electrons. The third-order valence-electron chi connectivity index (χ3n) is 3.68. The summed E-state index contributed by atoms with van der Waals surface area (Å²) >= 11 is 0. The summed E-state index contributed by atoms with van der Waals surface area (Å²) in [7, 11) is 2.08. The summed E-state index contributed by atoms with van der Waals surface area (Å²) in [6.45, 7) is 2.37. The van der Waals surface area contributed by atoms with Crippen molar-refractivity contribution in [1.29, 1.82) is 0 Å². The third-order valence-corrected chi connectivity index (χ3v) is 3.68. The molecule has 0 aromatic heterocycles. The summed E-state index contributed by atoms with van der Waals surface area (Å²) in [6, 6.07) is 11.4. The number of nitrogens with one attached hydrogen (secondary N) is 1. The predicted molar refractivity (Wildman–Crippen MR) is 64.7 cm³/mol. The first-order valence-corrected chi connectivity index (χ1v) is 6.03. The highest BCUT2D eigenvalue weighted by atomic mass is 14.9. The standard InChI is InChI=1S/C14H21N/c1-11-8-9-13(10-11)14(15-2)12-6-4-3-5-7-12/h3-7,11,13-15H,8-10H2,1-2H3. The Labute approximate surface area is 92.9 Å². The molecular formula is C14H21N. The summed E-state index contributed by atoms with van der Waals surface area (Å²) < 4.78 is 0. The van der Waals surface area contributed by atoms with Gasteiger partial charge in [-0.15, -0.1) is 0 Å². The molecule has 1 nitrogen and oxygen atoms in total. The molecule has 2 rings (SSSR count). The van der Waals surface area contributed by atoms with Crippen LogP contribution in [0.1, 0.15) is 37.8 Å². The highest BCUT2D eigenvalue weighted by molar-refractivity contribution is 5.20. The minimum atomic E-state index is 0.552. The van der Waals surface area contributed by atoms with Gasteiger partial charge in [0.15, 0.2) is 0 Å². The van der Waals surface area contributed by atoms with Gasteiger partial charge >= 0.3 is 0 Å². The summed E-state index contributed by atoms with van der Waals surface area (Å²) in [5.41, 5.74) is 1.44. The lowest BCUT2D eigenvalue weighted by Crippen LogP contribution is -2.23. The van der Waals surface area contributed by atoms with E-state index in [1.807, 2.05) is 0 Å². The van der Waals surface area contributed by atoms with E-state index < -0.39 is 0 Å². The molecule has 3 atom stereocenters. The predicted octanol–water partition coefficient (Wildman–Crippen LogP) is 3.38. The second-order valence-corrected chi connectivity index (χ2v) is 4.86. The number of hydrogen-bond acceptors (Lipinski definition) is 1. The highest BCUT2D eigenvalue weighted by Gasteiger charge is 2.28. The Bertz CT molecular complexity index is 293. The van der Waals surface area contributed by atoms with Gasteiger partial charge in [-0.2, -0.15) is 0 Å². The molecule has 1 aliphatic carbocycles. The fourth-order valence-electron chi connectivity index (χ4n) is 2.89. The highest BCUT2D eigenvalue weighted by Crippen LogP contribution is 2.38. The van der Waals surface area contributed by atoms with Crippen LogP contribution in [0.5, 0.6) is 0 Å². The van der Waals surface area contributed by atoms with Crippen molar-refractivity contribution >= 4 is 0 Å². The van der Waals surface area contributed by atoms with Gasteiger partial charge in [0.25, 0.3) is 0 Å². The Morgan fingerprint density at radius 3 is 2.47 bits per heavy atom. The lowest BCUT2D eigenvalue weighted by Gasteiger charge is -2.23. The van der Waals surface area contributed by atoms with Gasteiger partial charge in [-0.25, -0.2) is 0 Å². The van der Waals surface area contributed by atoms with Crippen molar-refractivity contribution in [3.8, 4) is 0 Å². The normalized spacial score (nSPS) is 27.9. The first kappa shape index (κ1) is 10.7. The van der Waals surface area contributed by atoms with Gasteiger partial charge in [0.1, 0.15) is 0 Å². The fraction of sp³-hybridized carbons (Fsp3) is 0.571. The average molecular weight is 203 g/mol. The molecule has 3 unspecified atom stereocenters. The molecule has 1 saturated carbocycles. The fourth-order valence-corrected chi connectivity index (χ4v) is 2.89. The first-order chi connectivity index (χ1) is 7.31. The first-order valence-electron chi connectivity index (χ1n) is 6.03. The summed E-state index contributed by atoms with van der Waals surface area (Å²) in [5, 5.41) is 3.48. The SMILES string of the molecule is CNC(c1ccccc1)C1CCC(C)C1. The van der Waals surface area contributed by atoms with Crippen LogP contribution < -0.4 is 5.32 Å². The summed E-state index contributed by atoms with van der Waals surface area (Å²) in [5.74, 6) is 1.74. The van der Waals surface area contributed by atoms with Gasteiger partial charge in [0.05, 0.1) is 0 Å². The van der Waals surface area contributed by atoms with E-state index in [4.69, 9.17) is 0 Å². The van der Waals surface area contributed by atoms with E-state index in [1.54, 1.807) is 0 Å². The molecule has 0 spiro atoms. The molecular weight excluding hydrogens is 182 g/mol. The molecule has 0 heterocycles. The Balaban J connectivity index is 2.11. The number of benzene rings is 1. The second kappa shape index (κ2) is 4.80. The van der Waals surface area contributed by atoms with Crippen molar-refractivity contribution in [1.82, 2.24) is 5.32 Å². The van der Waals surface area contributed by atoms with Gasteiger partial charge < -0.3 is 5.32 Å². The molecule has 1 aromatic carbocycles. The van der Waals surface area contributed by atoms with Gasteiger partial charge in [-0.05, 0) is 37.3 Å². The van der Waals surface area contributed by atoms with Crippen molar-refractivity contribution in [3.05, 3.63) is 35.9 Å². The molecule has 1 aliphatic rings. The molecule has 1 fully saturated rings. The second-order valence-electron chi connectivity index (χ2n) is 4.86. The van der Waals surface area contributed by atoms with E-state index in [1.165, 1.54) is 24.8 Å². The monoisotopic (exact) mass is 203 g/mol. The Morgan fingerprint density at radius 2 is 1.93 bits per heavy atom. The Morgan fingerprint density at radius 1 is 1.20 bits per heavy atom. The van der Waals surface area contributed by atoms with Crippen LogP contribution in [-0.2, 0) is 0 Å². The van der Waals surface area contributed by atoms with Crippen molar-refractivity contribution in [2.24, 2.45) is 11.8 Å². The number of rotatable bonds is 3. The number of hydrogen-bond donors (Lipinski definition) is 1. The zero-order chi connectivity index (χ0) is 10.7. The zero-order valence-electron chi connectivity index (χ0n) is 9.74. The topological polar surface area (TPSA) is 12.0 Å². The van der Waals surface area contributed by atoms with E-state index in [2.05, 4.69) is 49.6 Å². The van der Waals surface area contributed by atoms with E-state index in [0.29, 0.717) is 6.04 Å². The van der Waals surface area contributed by atoms with Crippen LogP contribution in [0, 0.1) is 11.8 Å². The van der Waals surface area contributed by atoms with Crippen LogP contribution in [0.3, 0.4) is 0 Å². The Hall–Kier alpha value is -0.820. The van der Waals surface area contributed by atoms with Gasteiger partial charge in [-0.3, -0.25) is 0 Å². The molecule has 15 heavy (non-hydrogen) atoms. The summed E-state index contributed by atoms with van der Waals surface area (Å²) in [6.07, 6.45) is 4.15. The van der Waals surface area contributed by atoms with E-state index in [0.717, 1.165) is 11.8 Å². The van der Waals surface area contributed by atoms with Gasteiger partial charge in [0, 0.05) is 6.04 Å². The molecule has 0 saturated heterocycles. The minimum absolute atomic E-state index is 0.552. The maximum absolute atomic E-state index is 3.48. The van der Waals surface area contributed by atoms with Crippen molar-refractivity contribution in [2.75, 3.05) is 7.05 Å². The lowest BCUT2D eigenvalue weighted by molar-refractivity contribution is 0.379. The van der Waals surface area contributed by atoms with Crippen LogP contribution >= 0.6 is 0 Å². The van der Waals surface area contributed by atoms with Crippen LogP contribution in [0.15, 0.2) is 30.3 Å². The molecule has 0 aliphatic heterocycles. The third kappa shape index (κ3) is 2.40. The smallest absolute Gasteiger partial charge is 0.0346 e. The van der Waals surface area contributed by atoms with E-state index in [-0.39, 0.29) is 0 Å². The zero-order valence-corrected chi connectivity index (χ0v) is 9.74. The average Bonchev–Trinajstić information content (AvgIpc) is 2.68. The maximum atomic E-state index is 3.48. The largest absolute Gasteiger partial charge is 0.313 e. The van der Waals surface area contributed by atoms with Crippen molar-refractivity contribution in [3.63, 3.8) is 0 Å². The van der Waals surface area contributed by atoms with Crippen LogP contribution in [-0.4, -0.2) is 7.05 Å². The van der Waals surface area contributed by atoms with E-state index in [9.17, 15) is 0 Å². The Kier molecular flexibility index (Phi) is 3.42. The molecule has 0 radical (unpaired) electrons. The molecule has 0 bridgehead atoms. The van der Waals surface area contributed by atoms with Gasteiger partial charge in [0.2, 0.25) is 0 Å². The lowest BCUT2D eigenvalue weighted by atomic mass is 9.91. The summed E-state index contributed by atoms with van der Waals surface area (Å²) in [4.78, 5) is 0. The van der Waals surface area contributed by atoms with Crippen molar-refractivity contribution in [2.45, 2.75) is 32.2 Å². The quantitative estimate of drug-likeness (QED) is 0.794. The van der Waals surface area contributed by atoms with Crippen LogP contribution in [0.4, 0.5) is 0 Å². The molecule has 0 amide bonds. The molecule has 1 heteroatoms. The minimum Gasteiger partial charge on any atom is -0.313 e. The molecule has 1 aromatic rings. The van der Waals surface area contributed by atoms with Crippen LogP contribution in [0.2, 0.25) is 0 Å². The van der Waals surface area contributed by atoms with Gasteiger partial charge in [-0.1, -0.05) is 43.7 Å². The van der Waals surface area contributed by atoms with Crippen molar-refractivity contribution < 1.29 is 0 Å². The van der Waals surface area contributed by atoms with E-state index >= 15 is 0 Å². The van der Waals surface area contributed by atoms with Crippen LogP contribution in [0.25, 0.3) is 0 Å². The maximum Gasteiger partial charge on any atom is 0.0346 e. The molecule has 1 N–H and O–H groups in total.